The zero-order chi connectivity index (χ0) is 23.0. The lowest BCUT2D eigenvalue weighted by Gasteiger charge is -2.34. The molecule has 4 rings (SSSR count). The van der Waals surface area contributed by atoms with Crippen LogP contribution in [0, 0.1) is 5.41 Å². The Hall–Kier alpha value is -3.06. The summed E-state index contributed by atoms with van der Waals surface area (Å²) >= 11 is 0. The lowest BCUT2D eigenvalue weighted by Crippen LogP contribution is -2.41. The molecule has 1 fully saturated rings. The van der Waals surface area contributed by atoms with Gasteiger partial charge in [-0.15, -0.1) is 0 Å². The van der Waals surface area contributed by atoms with Gasteiger partial charge in [-0.1, -0.05) is 37.3 Å². The first-order chi connectivity index (χ1) is 15.2. The largest absolute Gasteiger partial charge is 0.493 e. The first kappa shape index (κ1) is 22.1. The SMILES string of the molecule is COc1ccc(C2CN(C(=O)C(N)=O)CC2(C)C(C)O)cc1OC1Cc2ccccc2C1. The van der Waals surface area contributed by atoms with Crippen LogP contribution in [0.4, 0.5) is 0 Å². The maximum absolute atomic E-state index is 12.3. The fourth-order valence-electron chi connectivity index (χ4n) is 5.02. The van der Waals surface area contributed by atoms with Gasteiger partial charge in [0.05, 0.1) is 13.2 Å². The highest BCUT2D eigenvalue weighted by Gasteiger charge is 2.49. The van der Waals surface area contributed by atoms with Gasteiger partial charge in [-0.25, -0.2) is 0 Å². The van der Waals surface area contributed by atoms with Crippen molar-refractivity contribution in [2.45, 2.75) is 44.8 Å². The summed E-state index contributed by atoms with van der Waals surface area (Å²) in [5.74, 6) is -0.645. The van der Waals surface area contributed by atoms with Crippen LogP contribution in [0.15, 0.2) is 42.5 Å². The topological polar surface area (TPSA) is 102 Å². The lowest BCUT2D eigenvalue weighted by atomic mass is 9.72. The number of nitrogens with two attached hydrogens (primary N) is 1. The van der Waals surface area contributed by atoms with Crippen LogP contribution < -0.4 is 15.2 Å². The van der Waals surface area contributed by atoms with E-state index in [-0.39, 0.29) is 18.6 Å². The standard InChI is InChI=1S/C25H30N2O5/c1-15(28)25(2)14-27(24(30)23(26)29)13-20(25)18-8-9-21(31-3)22(12-18)32-19-10-16-6-4-5-7-17(16)11-19/h4-9,12,15,19-20,28H,10-11,13-14H2,1-3H3,(H2,26,29). The summed E-state index contributed by atoms with van der Waals surface area (Å²) in [7, 11) is 1.61. The van der Waals surface area contributed by atoms with Crippen LogP contribution in [0.3, 0.4) is 0 Å². The van der Waals surface area contributed by atoms with E-state index in [1.165, 1.54) is 16.0 Å². The number of likely N-dealkylation sites (tertiary alicyclic amines) is 1. The number of amides is 2. The number of fused-ring (bicyclic) bond motifs is 1. The van der Waals surface area contributed by atoms with Crippen molar-refractivity contribution in [1.82, 2.24) is 4.90 Å². The Morgan fingerprint density at radius 1 is 1.16 bits per heavy atom. The molecule has 170 valence electrons. The number of carbonyl (C=O) groups is 2. The summed E-state index contributed by atoms with van der Waals surface area (Å²) in [6.07, 6.45) is 0.976. The number of carbonyl (C=O) groups excluding carboxylic acids is 2. The summed E-state index contributed by atoms with van der Waals surface area (Å²) in [5, 5.41) is 10.6. The number of aliphatic hydroxyl groups excluding tert-OH is 1. The third kappa shape index (κ3) is 3.93. The van der Waals surface area contributed by atoms with Crippen LogP contribution in [0.25, 0.3) is 0 Å². The molecular formula is C25H30N2O5. The Kier molecular flexibility index (Phi) is 5.86. The van der Waals surface area contributed by atoms with Crippen molar-refractivity contribution in [1.29, 1.82) is 0 Å². The molecule has 1 heterocycles. The Labute approximate surface area is 188 Å². The normalized spacial score (nSPS) is 23.6. The number of primary amides is 1. The minimum atomic E-state index is -0.988. The van der Waals surface area contributed by atoms with E-state index in [1.54, 1.807) is 14.0 Å². The van der Waals surface area contributed by atoms with E-state index in [1.807, 2.05) is 37.3 Å². The van der Waals surface area contributed by atoms with E-state index in [2.05, 4.69) is 12.1 Å². The Morgan fingerprint density at radius 3 is 2.38 bits per heavy atom. The summed E-state index contributed by atoms with van der Waals surface area (Å²) < 4.78 is 11.9. The van der Waals surface area contributed by atoms with Gasteiger partial charge in [0.25, 0.3) is 0 Å². The number of aliphatic hydroxyl groups is 1. The summed E-state index contributed by atoms with van der Waals surface area (Å²) in [6, 6.07) is 14.1. The molecule has 2 aromatic rings. The summed E-state index contributed by atoms with van der Waals surface area (Å²) in [6.45, 7) is 4.18. The molecule has 0 saturated carbocycles. The molecule has 1 saturated heterocycles. The number of rotatable bonds is 5. The molecule has 0 bridgehead atoms. The van der Waals surface area contributed by atoms with Crippen molar-refractivity contribution >= 4 is 11.8 Å². The molecule has 1 aliphatic heterocycles. The van der Waals surface area contributed by atoms with Crippen LogP contribution in [-0.2, 0) is 22.4 Å². The molecule has 0 spiro atoms. The third-order valence-electron chi connectivity index (χ3n) is 7.08. The van der Waals surface area contributed by atoms with Crippen LogP contribution in [0.5, 0.6) is 11.5 Å². The third-order valence-corrected chi connectivity index (χ3v) is 7.08. The fourth-order valence-corrected chi connectivity index (χ4v) is 5.02. The van der Waals surface area contributed by atoms with Gasteiger partial charge in [0.1, 0.15) is 6.10 Å². The van der Waals surface area contributed by atoms with Gasteiger partial charge in [0.15, 0.2) is 11.5 Å². The van der Waals surface area contributed by atoms with E-state index in [4.69, 9.17) is 15.2 Å². The quantitative estimate of drug-likeness (QED) is 0.696. The average Bonchev–Trinajstić information content (AvgIpc) is 3.34. The van der Waals surface area contributed by atoms with Gasteiger partial charge in [0.2, 0.25) is 0 Å². The van der Waals surface area contributed by atoms with Crippen LogP contribution in [0.1, 0.15) is 36.5 Å². The van der Waals surface area contributed by atoms with Gasteiger partial charge >= 0.3 is 11.8 Å². The number of ether oxygens (including phenoxy) is 2. The molecule has 0 aromatic heterocycles. The number of nitrogens with zero attached hydrogens (tertiary/aromatic N) is 1. The van der Waals surface area contributed by atoms with Gasteiger partial charge in [-0.3, -0.25) is 9.59 Å². The molecule has 3 atom stereocenters. The molecule has 7 nitrogen and oxygen atoms in total. The van der Waals surface area contributed by atoms with Crippen molar-refractivity contribution in [2.24, 2.45) is 11.1 Å². The Balaban J connectivity index is 1.62. The summed E-state index contributed by atoms with van der Waals surface area (Å²) in [5.41, 5.74) is 8.10. The average molecular weight is 439 g/mol. The van der Waals surface area contributed by atoms with Gasteiger partial charge < -0.3 is 25.2 Å². The summed E-state index contributed by atoms with van der Waals surface area (Å²) in [4.78, 5) is 25.2. The molecule has 0 radical (unpaired) electrons. The van der Waals surface area contributed by atoms with Gasteiger partial charge in [0, 0.05) is 37.3 Å². The number of hydrogen-bond acceptors (Lipinski definition) is 5. The van der Waals surface area contributed by atoms with E-state index in [9.17, 15) is 14.7 Å². The second-order valence-corrected chi connectivity index (χ2v) is 9.11. The minimum Gasteiger partial charge on any atom is -0.493 e. The molecule has 3 N–H and O–H groups in total. The highest BCUT2D eigenvalue weighted by atomic mass is 16.5. The van der Waals surface area contributed by atoms with E-state index < -0.39 is 23.3 Å². The molecule has 3 unspecified atom stereocenters. The second-order valence-electron chi connectivity index (χ2n) is 9.11. The van der Waals surface area contributed by atoms with E-state index >= 15 is 0 Å². The predicted molar refractivity (Wildman–Crippen MR) is 120 cm³/mol. The van der Waals surface area contributed by atoms with Gasteiger partial charge in [-0.05, 0) is 35.7 Å². The second kappa shape index (κ2) is 8.47. The fraction of sp³-hybridized carbons (Fsp3) is 0.440. The smallest absolute Gasteiger partial charge is 0.311 e. The van der Waals surface area contributed by atoms with Crippen molar-refractivity contribution in [3.8, 4) is 11.5 Å². The molecule has 2 aliphatic rings. The first-order valence-electron chi connectivity index (χ1n) is 10.9. The molecule has 2 amide bonds. The van der Waals surface area contributed by atoms with Crippen molar-refractivity contribution in [3.05, 3.63) is 59.2 Å². The number of hydrogen-bond donors (Lipinski definition) is 2. The van der Waals surface area contributed by atoms with Crippen LogP contribution >= 0.6 is 0 Å². The Bertz CT molecular complexity index is 1010. The van der Waals surface area contributed by atoms with Crippen molar-refractivity contribution < 1.29 is 24.2 Å². The maximum atomic E-state index is 12.3. The van der Waals surface area contributed by atoms with Gasteiger partial charge in [-0.2, -0.15) is 0 Å². The highest BCUT2D eigenvalue weighted by Crippen LogP contribution is 2.47. The molecule has 7 heteroatoms. The monoisotopic (exact) mass is 438 g/mol. The van der Waals surface area contributed by atoms with Crippen LogP contribution in [0.2, 0.25) is 0 Å². The lowest BCUT2D eigenvalue weighted by molar-refractivity contribution is -0.143. The van der Waals surface area contributed by atoms with Crippen molar-refractivity contribution in [2.75, 3.05) is 20.2 Å². The number of benzene rings is 2. The Morgan fingerprint density at radius 2 is 1.81 bits per heavy atom. The number of methoxy groups -OCH3 is 1. The predicted octanol–water partition coefficient (Wildman–Crippen LogP) is 2.04. The first-order valence-corrected chi connectivity index (χ1v) is 10.9. The highest BCUT2D eigenvalue weighted by molar-refractivity contribution is 6.34. The molecular weight excluding hydrogens is 408 g/mol. The molecule has 32 heavy (non-hydrogen) atoms. The van der Waals surface area contributed by atoms with E-state index in [0.717, 1.165) is 18.4 Å². The van der Waals surface area contributed by atoms with Crippen LogP contribution in [-0.4, -0.2) is 54.2 Å². The van der Waals surface area contributed by atoms with Crippen molar-refractivity contribution in [3.63, 3.8) is 0 Å². The molecule has 1 aliphatic carbocycles. The zero-order valence-corrected chi connectivity index (χ0v) is 18.7. The minimum absolute atomic E-state index is 0.0104. The maximum Gasteiger partial charge on any atom is 0.311 e. The zero-order valence-electron chi connectivity index (χ0n) is 18.7. The van der Waals surface area contributed by atoms with E-state index in [0.29, 0.717) is 18.0 Å². The molecule has 2 aromatic carbocycles.